The molecule has 0 saturated carbocycles. The van der Waals surface area contributed by atoms with Gasteiger partial charge in [0.25, 0.3) is 0 Å². The van der Waals surface area contributed by atoms with E-state index in [0.717, 1.165) is 11.8 Å². The Labute approximate surface area is 75.1 Å². The van der Waals surface area contributed by atoms with Crippen LogP contribution < -0.4 is 5.73 Å². The highest BCUT2D eigenvalue weighted by atomic mass is 32.2. The minimum absolute atomic E-state index is 0.796. The maximum atomic E-state index is 5.39. The zero-order chi connectivity index (χ0) is 8.53. The lowest BCUT2D eigenvalue weighted by Crippen LogP contribution is -1.98. The van der Waals surface area contributed by atoms with Crippen molar-refractivity contribution >= 4 is 11.8 Å². The van der Waals surface area contributed by atoms with Crippen LogP contribution in [-0.4, -0.2) is 17.5 Å². The molecule has 2 heteroatoms. The van der Waals surface area contributed by atoms with Gasteiger partial charge in [0.1, 0.15) is 0 Å². The Hall–Kier alpha value is 0.310. The Morgan fingerprint density at radius 3 is 2.27 bits per heavy atom. The van der Waals surface area contributed by atoms with Gasteiger partial charge in [-0.3, -0.25) is 0 Å². The van der Waals surface area contributed by atoms with E-state index in [-0.39, 0.29) is 0 Å². The molecular weight excluding hydrogens is 154 g/mol. The quantitative estimate of drug-likeness (QED) is 0.602. The van der Waals surface area contributed by atoms with Crippen LogP contribution in [0.3, 0.4) is 0 Å². The molecule has 0 radical (unpaired) electrons. The van der Waals surface area contributed by atoms with Gasteiger partial charge in [-0.1, -0.05) is 26.7 Å². The topological polar surface area (TPSA) is 26.0 Å². The standard InChI is InChI=1S/C9H21NS/c1-9(2)11-8-6-4-3-5-7-10/h9H,3-8,10H2,1-2H3. The van der Waals surface area contributed by atoms with Gasteiger partial charge in [-0.05, 0) is 30.4 Å². The van der Waals surface area contributed by atoms with Crippen molar-refractivity contribution < 1.29 is 0 Å². The Kier molecular flexibility index (Phi) is 8.64. The second kappa shape index (κ2) is 8.41. The third-order valence-corrected chi connectivity index (χ3v) is 2.74. The summed E-state index contributed by atoms with van der Waals surface area (Å²) >= 11 is 2.06. The van der Waals surface area contributed by atoms with E-state index in [2.05, 4.69) is 25.6 Å². The smallest absolute Gasteiger partial charge is 0.000968 e. The first-order valence-electron chi connectivity index (χ1n) is 4.59. The second-order valence-corrected chi connectivity index (χ2v) is 4.81. The predicted molar refractivity (Wildman–Crippen MR) is 55.1 cm³/mol. The van der Waals surface area contributed by atoms with Crippen LogP contribution in [-0.2, 0) is 0 Å². The maximum Gasteiger partial charge on any atom is -0.000968 e. The van der Waals surface area contributed by atoms with Gasteiger partial charge in [0.15, 0.2) is 0 Å². The van der Waals surface area contributed by atoms with E-state index in [4.69, 9.17) is 5.73 Å². The molecule has 0 aliphatic carbocycles. The Morgan fingerprint density at radius 2 is 1.73 bits per heavy atom. The minimum atomic E-state index is 0.796. The summed E-state index contributed by atoms with van der Waals surface area (Å²) in [5.41, 5.74) is 5.39. The molecule has 0 aromatic rings. The highest BCUT2D eigenvalue weighted by Crippen LogP contribution is 2.12. The van der Waals surface area contributed by atoms with Crippen molar-refractivity contribution in [2.45, 2.75) is 44.8 Å². The van der Waals surface area contributed by atoms with Crippen molar-refractivity contribution in [1.29, 1.82) is 0 Å². The minimum Gasteiger partial charge on any atom is -0.330 e. The van der Waals surface area contributed by atoms with Gasteiger partial charge in [0.05, 0.1) is 0 Å². The number of nitrogens with two attached hydrogens (primary N) is 1. The van der Waals surface area contributed by atoms with E-state index < -0.39 is 0 Å². The first kappa shape index (κ1) is 11.3. The molecule has 1 nitrogen and oxygen atoms in total. The normalized spacial score (nSPS) is 10.9. The molecule has 2 N–H and O–H groups in total. The highest BCUT2D eigenvalue weighted by Gasteiger charge is 1.93. The number of hydrogen-bond donors (Lipinski definition) is 1. The molecule has 0 aliphatic rings. The molecule has 0 aliphatic heterocycles. The monoisotopic (exact) mass is 175 g/mol. The Balaban J connectivity index is 2.80. The average molecular weight is 175 g/mol. The van der Waals surface area contributed by atoms with Crippen LogP contribution >= 0.6 is 11.8 Å². The van der Waals surface area contributed by atoms with Crippen LogP contribution in [0.1, 0.15) is 39.5 Å². The fourth-order valence-electron chi connectivity index (χ4n) is 0.919. The van der Waals surface area contributed by atoms with E-state index in [1.807, 2.05) is 0 Å². The van der Waals surface area contributed by atoms with Crippen LogP contribution in [0.5, 0.6) is 0 Å². The van der Waals surface area contributed by atoms with Gasteiger partial charge >= 0.3 is 0 Å². The van der Waals surface area contributed by atoms with Gasteiger partial charge in [-0.2, -0.15) is 11.8 Å². The van der Waals surface area contributed by atoms with Crippen molar-refractivity contribution in [3.8, 4) is 0 Å². The molecule has 68 valence electrons. The summed E-state index contributed by atoms with van der Waals surface area (Å²) < 4.78 is 0. The van der Waals surface area contributed by atoms with E-state index in [1.165, 1.54) is 31.4 Å². The number of rotatable bonds is 7. The number of thioether (sulfide) groups is 1. The molecule has 0 saturated heterocycles. The Bertz CT molecular complexity index is 74.0. The summed E-state index contributed by atoms with van der Waals surface area (Å²) in [6, 6.07) is 0. The molecule has 0 bridgehead atoms. The summed E-state index contributed by atoms with van der Waals surface area (Å²) in [6.45, 7) is 5.37. The van der Waals surface area contributed by atoms with Crippen LogP contribution in [0, 0.1) is 0 Å². The maximum absolute atomic E-state index is 5.39. The van der Waals surface area contributed by atoms with Crippen LogP contribution in [0.15, 0.2) is 0 Å². The second-order valence-electron chi connectivity index (χ2n) is 3.12. The SMILES string of the molecule is CC(C)SCCCCCCN. The van der Waals surface area contributed by atoms with Gasteiger partial charge in [-0.25, -0.2) is 0 Å². The van der Waals surface area contributed by atoms with E-state index in [1.54, 1.807) is 0 Å². The van der Waals surface area contributed by atoms with Gasteiger partial charge in [0, 0.05) is 0 Å². The molecule has 0 spiro atoms. The average Bonchev–Trinajstić information content (AvgIpc) is 1.96. The van der Waals surface area contributed by atoms with E-state index in [9.17, 15) is 0 Å². The van der Waals surface area contributed by atoms with Crippen molar-refractivity contribution in [2.24, 2.45) is 5.73 Å². The lowest BCUT2D eigenvalue weighted by molar-refractivity contribution is 0.677. The highest BCUT2D eigenvalue weighted by molar-refractivity contribution is 7.99. The molecular formula is C9H21NS. The van der Waals surface area contributed by atoms with Crippen LogP contribution in [0.4, 0.5) is 0 Å². The molecule has 0 unspecified atom stereocenters. The lowest BCUT2D eigenvalue weighted by Gasteiger charge is -2.03. The van der Waals surface area contributed by atoms with E-state index in [0.29, 0.717) is 0 Å². The third kappa shape index (κ3) is 10.3. The van der Waals surface area contributed by atoms with Crippen LogP contribution in [0.2, 0.25) is 0 Å². The summed E-state index contributed by atoms with van der Waals surface area (Å²) in [5.74, 6) is 1.32. The molecule has 0 fully saturated rings. The summed E-state index contributed by atoms with van der Waals surface area (Å²) in [5, 5.41) is 0.796. The van der Waals surface area contributed by atoms with Gasteiger partial charge in [-0.15, -0.1) is 0 Å². The molecule has 11 heavy (non-hydrogen) atoms. The predicted octanol–water partition coefficient (Wildman–Crippen LogP) is 2.65. The zero-order valence-corrected chi connectivity index (χ0v) is 8.62. The van der Waals surface area contributed by atoms with Crippen LogP contribution in [0.25, 0.3) is 0 Å². The molecule has 0 atom stereocenters. The van der Waals surface area contributed by atoms with Crippen molar-refractivity contribution in [2.75, 3.05) is 12.3 Å². The fraction of sp³-hybridized carbons (Fsp3) is 1.00. The largest absolute Gasteiger partial charge is 0.330 e. The first-order chi connectivity index (χ1) is 5.27. The van der Waals surface area contributed by atoms with Crippen molar-refractivity contribution in [3.63, 3.8) is 0 Å². The van der Waals surface area contributed by atoms with Crippen molar-refractivity contribution in [1.82, 2.24) is 0 Å². The molecule has 0 aromatic heterocycles. The first-order valence-corrected chi connectivity index (χ1v) is 5.64. The summed E-state index contributed by atoms with van der Waals surface area (Å²) in [4.78, 5) is 0. The lowest BCUT2D eigenvalue weighted by atomic mass is 10.2. The molecule has 0 heterocycles. The third-order valence-electron chi connectivity index (χ3n) is 1.55. The zero-order valence-electron chi connectivity index (χ0n) is 7.81. The molecule has 0 amide bonds. The summed E-state index contributed by atoms with van der Waals surface area (Å²) in [7, 11) is 0. The van der Waals surface area contributed by atoms with E-state index >= 15 is 0 Å². The van der Waals surface area contributed by atoms with Gasteiger partial charge in [0.2, 0.25) is 0 Å². The Morgan fingerprint density at radius 1 is 1.09 bits per heavy atom. The van der Waals surface area contributed by atoms with Crippen molar-refractivity contribution in [3.05, 3.63) is 0 Å². The molecule has 0 rings (SSSR count). The number of hydrogen-bond acceptors (Lipinski definition) is 2. The number of unbranched alkanes of at least 4 members (excludes halogenated alkanes) is 3. The fourth-order valence-corrected chi connectivity index (χ4v) is 1.76. The summed E-state index contributed by atoms with van der Waals surface area (Å²) in [6.07, 6.45) is 5.24. The molecule has 0 aromatic carbocycles. The van der Waals surface area contributed by atoms with Gasteiger partial charge < -0.3 is 5.73 Å².